The standard InChI is InChI=1S/C12H24N4/c1-3-5-7-9-11-13-15-12(16-14-11)10-8-6-4-2/h3-10H2,1-2H3,(H,13,14)(H,15,16). The summed E-state index contributed by atoms with van der Waals surface area (Å²) in [6.07, 6.45) is 9.36. The Morgan fingerprint density at radius 3 is 1.50 bits per heavy atom. The lowest BCUT2D eigenvalue weighted by atomic mass is 10.2. The number of rotatable bonds is 8. The zero-order chi connectivity index (χ0) is 11.6. The summed E-state index contributed by atoms with van der Waals surface area (Å²) in [6, 6.07) is 0. The van der Waals surface area contributed by atoms with E-state index in [9.17, 15) is 0 Å². The smallest absolute Gasteiger partial charge is 0.142 e. The van der Waals surface area contributed by atoms with Gasteiger partial charge in [0, 0.05) is 12.8 Å². The van der Waals surface area contributed by atoms with Gasteiger partial charge in [-0.05, 0) is 12.8 Å². The van der Waals surface area contributed by atoms with Crippen LogP contribution in [0.25, 0.3) is 0 Å². The molecular weight excluding hydrogens is 200 g/mol. The minimum atomic E-state index is 0.965. The molecule has 0 atom stereocenters. The quantitative estimate of drug-likeness (QED) is 0.623. The fourth-order valence-electron chi connectivity index (χ4n) is 1.62. The molecule has 0 spiro atoms. The molecule has 0 aromatic rings. The van der Waals surface area contributed by atoms with Gasteiger partial charge < -0.3 is 0 Å². The Labute approximate surface area is 98.6 Å². The first-order chi connectivity index (χ1) is 7.86. The average molecular weight is 224 g/mol. The Hall–Kier alpha value is -1.06. The first-order valence-corrected chi connectivity index (χ1v) is 6.52. The van der Waals surface area contributed by atoms with Crippen LogP contribution in [0.4, 0.5) is 0 Å². The van der Waals surface area contributed by atoms with Gasteiger partial charge in [-0.3, -0.25) is 10.9 Å². The van der Waals surface area contributed by atoms with Gasteiger partial charge in [0.25, 0.3) is 0 Å². The van der Waals surface area contributed by atoms with Crippen molar-refractivity contribution < 1.29 is 0 Å². The molecule has 1 rings (SSSR count). The molecule has 4 nitrogen and oxygen atoms in total. The second-order valence-electron chi connectivity index (χ2n) is 4.25. The second kappa shape index (κ2) is 8.13. The van der Waals surface area contributed by atoms with Gasteiger partial charge in [-0.25, -0.2) is 0 Å². The van der Waals surface area contributed by atoms with Crippen molar-refractivity contribution in [2.24, 2.45) is 10.2 Å². The lowest BCUT2D eigenvalue weighted by molar-refractivity contribution is 0.702. The molecule has 0 aromatic heterocycles. The van der Waals surface area contributed by atoms with Crippen LogP contribution in [0.5, 0.6) is 0 Å². The van der Waals surface area contributed by atoms with Gasteiger partial charge in [0.2, 0.25) is 0 Å². The van der Waals surface area contributed by atoms with Crippen molar-refractivity contribution in [2.45, 2.75) is 65.2 Å². The van der Waals surface area contributed by atoms with Crippen molar-refractivity contribution >= 4 is 11.7 Å². The van der Waals surface area contributed by atoms with Gasteiger partial charge in [-0.15, -0.1) is 0 Å². The predicted octanol–water partition coefficient (Wildman–Crippen LogP) is 2.97. The molecule has 0 bridgehead atoms. The molecule has 0 fully saturated rings. The molecule has 92 valence electrons. The summed E-state index contributed by atoms with van der Waals surface area (Å²) in [5.41, 5.74) is 6.06. The lowest BCUT2D eigenvalue weighted by Gasteiger charge is -2.14. The summed E-state index contributed by atoms with van der Waals surface area (Å²) in [5, 5.41) is 8.57. The number of unbranched alkanes of at least 4 members (excludes halogenated alkanes) is 4. The zero-order valence-electron chi connectivity index (χ0n) is 10.6. The van der Waals surface area contributed by atoms with E-state index in [2.05, 4.69) is 34.9 Å². The largest absolute Gasteiger partial charge is 0.262 e. The molecule has 1 heterocycles. The maximum atomic E-state index is 4.29. The van der Waals surface area contributed by atoms with Crippen LogP contribution < -0.4 is 10.9 Å². The number of amidine groups is 2. The summed E-state index contributed by atoms with van der Waals surface area (Å²) >= 11 is 0. The Bertz CT molecular complexity index is 219. The molecule has 0 aromatic carbocycles. The zero-order valence-corrected chi connectivity index (χ0v) is 10.6. The third kappa shape index (κ3) is 5.14. The van der Waals surface area contributed by atoms with Gasteiger partial charge in [0.05, 0.1) is 0 Å². The Kier molecular flexibility index (Phi) is 6.61. The van der Waals surface area contributed by atoms with Gasteiger partial charge in [0.1, 0.15) is 11.7 Å². The SMILES string of the molecule is CCCCCC1=NNC(CCCCC)=NN1. The first-order valence-electron chi connectivity index (χ1n) is 6.52. The molecule has 16 heavy (non-hydrogen) atoms. The highest BCUT2D eigenvalue weighted by atomic mass is 15.5. The van der Waals surface area contributed by atoms with Crippen LogP contribution in [0.3, 0.4) is 0 Å². The number of nitrogens with zero attached hydrogens (tertiary/aromatic N) is 2. The molecule has 0 aliphatic carbocycles. The van der Waals surface area contributed by atoms with Gasteiger partial charge in [-0.1, -0.05) is 39.5 Å². The lowest BCUT2D eigenvalue weighted by Crippen LogP contribution is -2.33. The van der Waals surface area contributed by atoms with Crippen molar-refractivity contribution in [2.75, 3.05) is 0 Å². The van der Waals surface area contributed by atoms with Crippen LogP contribution in [0.15, 0.2) is 10.2 Å². The molecule has 0 amide bonds. The molecule has 0 radical (unpaired) electrons. The van der Waals surface area contributed by atoms with E-state index in [1.807, 2.05) is 0 Å². The van der Waals surface area contributed by atoms with E-state index < -0.39 is 0 Å². The van der Waals surface area contributed by atoms with Crippen LogP contribution in [0.1, 0.15) is 65.2 Å². The topological polar surface area (TPSA) is 48.8 Å². The molecule has 1 aliphatic rings. The number of hydrazone groups is 2. The number of nitrogens with one attached hydrogen (secondary N) is 2. The first kappa shape index (κ1) is 13.0. The highest BCUT2D eigenvalue weighted by Crippen LogP contribution is 2.03. The van der Waals surface area contributed by atoms with Crippen LogP contribution in [0.2, 0.25) is 0 Å². The van der Waals surface area contributed by atoms with E-state index in [1.165, 1.54) is 38.5 Å². The maximum Gasteiger partial charge on any atom is 0.142 e. The van der Waals surface area contributed by atoms with Crippen molar-refractivity contribution in [3.8, 4) is 0 Å². The summed E-state index contributed by atoms with van der Waals surface area (Å²) in [5.74, 6) is 1.93. The fraction of sp³-hybridized carbons (Fsp3) is 0.833. The van der Waals surface area contributed by atoms with E-state index in [-0.39, 0.29) is 0 Å². The molecule has 4 heteroatoms. The second-order valence-corrected chi connectivity index (χ2v) is 4.25. The number of hydrogen-bond acceptors (Lipinski definition) is 4. The summed E-state index contributed by atoms with van der Waals surface area (Å²) in [4.78, 5) is 0. The Morgan fingerprint density at radius 1 is 0.750 bits per heavy atom. The Morgan fingerprint density at radius 2 is 1.19 bits per heavy atom. The minimum Gasteiger partial charge on any atom is -0.262 e. The monoisotopic (exact) mass is 224 g/mol. The van der Waals surface area contributed by atoms with Crippen molar-refractivity contribution in [3.63, 3.8) is 0 Å². The normalized spacial score (nSPS) is 14.9. The predicted molar refractivity (Wildman–Crippen MR) is 69.4 cm³/mol. The van der Waals surface area contributed by atoms with Gasteiger partial charge in [-0.2, -0.15) is 10.2 Å². The van der Waals surface area contributed by atoms with E-state index >= 15 is 0 Å². The van der Waals surface area contributed by atoms with E-state index in [0.29, 0.717) is 0 Å². The highest BCUT2D eigenvalue weighted by Gasteiger charge is 2.06. The van der Waals surface area contributed by atoms with Crippen LogP contribution in [0, 0.1) is 0 Å². The number of hydrogen-bond donors (Lipinski definition) is 2. The molecular formula is C12H24N4. The molecule has 0 unspecified atom stereocenters. The van der Waals surface area contributed by atoms with Crippen LogP contribution in [-0.4, -0.2) is 11.7 Å². The van der Waals surface area contributed by atoms with Gasteiger partial charge in [0.15, 0.2) is 0 Å². The average Bonchev–Trinajstić information content (AvgIpc) is 2.32. The third-order valence-corrected chi connectivity index (χ3v) is 2.67. The van der Waals surface area contributed by atoms with Crippen LogP contribution >= 0.6 is 0 Å². The molecule has 1 aliphatic heterocycles. The summed E-state index contributed by atoms with van der Waals surface area (Å²) in [6.45, 7) is 4.41. The molecule has 0 saturated carbocycles. The minimum absolute atomic E-state index is 0.965. The van der Waals surface area contributed by atoms with Crippen molar-refractivity contribution in [1.82, 2.24) is 10.9 Å². The molecule has 2 N–H and O–H groups in total. The van der Waals surface area contributed by atoms with Crippen LogP contribution in [-0.2, 0) is 0 Å². The van der Waals surface area contributed by atoms with Gasteiger partial charge >= 0.3 is 0 Å². The fourth-order valence-corrected chi connectivity index (χ4v) is 1.62. The third-order valence-electron chi connectivity index (χ3n) is 2.67. The summed E-state index contributed by atoms with van der Waals surface area (Å²) < 4.78 is 0. The molecule has 0 saturated heterocycles. The highest BCUT2D eigenvalue weighted by molar-refractivity contribution is 5.90. The Balaban J connectivity index is 2.14. The maximum absolute atomic E-state index is 4.29. The summed E-state index contributed by atoms with van der Waals surface area (Å²) in [7, 11) is 0. The van der Waals surface area contributed by atoms with E-state index in [0.717, 1.165) is 24.5 Å². The van der Waals surface area contributed by atoms with E-state index in [1.54, 1.807) is 0 Å². The van der Waals surface area contributed by atoms with Crippen molar-refractivity contribution in [3.05, 3.63) is 0 Å². The van der Waals surface area contributed by atoms with Crippen molar-refractivity contribution in [1.29, 1.82) is 0 Å². The van der Waals surface area contributed by atoms with E-state index in [4.69, 9.17) is 0 Å².